The monoisotopic (exact) mass is 488 g/mol. The lowest BCUT2D eigenvalue weighted by Gasteiger charge is -2.36. The summed E-state index contributed by atoms with van der Waals surface area (Å²) < 4.78 is 0. The fourth-order valence-electron chi connectivity index (χ4n) is 5.49. The van der Waals surface area contributed by atoms with E-state index in [0.717, 1.165) is 12.7 Å². The average molecular weight is 489 g/mol. The van der Waals surface area contributed by atoms with Crippen LogP contribution in [0, 0.1) is 0 Å². The quantitative estimate of drug-likeness (QED) is 0.256. The predicted octanol–water partition coefficient (Wildman–Crippen LogP) is 9.74. The molecule has 0 fully saturated rings. The number of hydrogen-bond acceptors (Lipinski definition) is 2. The predicted molar refractivity (Wildman–Crippen MR) is 160 cm³/mol. The maximum Gasteiger partial charge on any atom is 0.107 e. The van der Waals surface area contributed by atoms with Crippen molar-refractivity contribution in [3.05, 3.63) is 82.8 Å². The minimum atomic E-state index is -1.77. The fraction of sp³-hybridized carbons (Fsp3) is 0.500. The third-order valence-electron chi connectivity index (χ3n) is 7.45. The van der Waals surface area contributed by atoms with E-state index in [1.54, 1.807) is 0 Å². The number of allylic oxidation sites excluding steroid dienone is 1. The van der Waals surface area contributed by atoms with Crippen LogP contribution in [0.1, 0.15) is 101 Å². The molecular formula is C32H48N2Si. The number of nitrogens with zero attached hydrogens (tertiary/aromatic N) is 2. The highest BCUT2D eigenvalue weighted by Gasteiger charge is 2.38. The highest BCUT2D eigenvalue weighted by Crippen LogP contribution is 2.44. The maximum atomic E-state index is 4.13. The van der Waals surface area contributed by atoms with Gasteiger partial charge in [-0.05, 0) is 52.0 Å². The molecule has 0 amide bonds. The molecule has 0 bridgehead atoms. The Kier molecular flexibility index (Phi) is 8.42. The van der Waals surface area contributed by atoms with E-state index >= 15 is 0 Å². The van der Waals surface area contributed by atoms with Gasteiger partial charge in [-0.2, -0.15) is 0 Å². The summed E-state index contributed by atoms with van der Waals surface area (Å²) in [5.41, 5.74) is 8.64. The minimum absolute atomic E-state index is 0.470. The Morgan fingerprint density at radius 3 is 1.51 bits per heavy atom. The zero-order valence-corrected chi connectivity index (χ0v) is 24.9. The second kappa shape index (κ2) is 10.8. The molecule has 0 saturated carbocycles. The smallest absolute Gasteiger partial charge is 0.107 e. The summed E-state index contributed by atoms with van der Waals surface area (Å²) in [5, 5.41) is 1.51. The molecule has 0 aromatic heterocycles. The van der Waals surface area contributed by atoms with Crippen LogP contribution in [0.15, 0.2) is 60.6 Å². The van der Waals surface area contributed by atoms with Gasteiger partial charge in [-0.15, -0.1) is 6.58 Å². The lowest BCUT2D eigenvalue weighted by molar-refractivity contribution is 0.801. The topological polar surface area (TPSA) is 6.48 Å². The molecule has 3 heteroatoms. The summed E-state index contributed by atoms with van der Waals surface area (Å²) >= 11 is 0. The van der Waals surface area contributed by atoms with Crippen molar-refractivity contribution in [2.75, 3.05) is 16.5 Å². The summed E-state index contributed by atoms with van der Waals surface area (Å²) in [6.07, 6.45) is 4.64. The van der Waals surface area contributed by atoms with Gasteiger partial charge in [-0.1, -0.05) is 111 Å². The Bertz CT molecular complexity index is 1020. The van der Waals surface area contributed by atoms with Gasteiger partial charge < -0.3 is 9.80 Å². The molecule has 0 atom stereocenters. The molecular weight excluding hydrogens is 440 g/mol. The first-order valence-corrected chi connectivity index (χ1v) is 16.7. The standard InChI is InChI=1S/C32H48N2Si/c1-12-19-35(10,11)30-20-33(31-26(22(2)3)15-13-16-27(31)23(4)5)21-34(30)32-28(24(6)7)17-14-18-29(32)25(8)9/h12-18,20,22-25H,1,19,21H2,2-11H3. The highest BCUT2D eigenvalue weighted by atomic mass is 28.3. The van der Waals surface area contributed by atoms with Crippen molar-refractivity contribution < 1.29 is 0 Å². The SMILES string of the molecule is C=CC[Si](C)(C)C1=CN(c2c(C(C)C)cccc2C(C)C)CN1c1c(C(C)C)cccc1C(C)C. The van der Waals surface area contributed by atoms with Gasteiger partial charge in [-0.25, -0.2) is 0 Å². The van der Waals surface area contributed by atoms with Crippen LogP contribution in [0.5, 0.6) is 0 Å². The number of para-hydroxylation sites is 2. The van der Waals surface area contributed by atoms with Crippen molar-refractivity contribution in [3.63, 3.8) is 0 Å². The molecule has 2 nitrogen and oxygen atoms in total. The fourth-order valence-corrected chi connectivity index (χ4v) is 7.83. The summed E-state index contributed by atoms with van der Waals surface area (Å²) in [6.45, 7) is 28.6. The Morgan fingerprint density at radius 1 is 0.743 bits per heavy atom. The lowest BCUT2D eigenvalue weighted by Crippen LogP contribution is -2.39. The maximum absolute atomic E-state index is 4.13. The van der Waals surface area contributed by atoms with Crippen LogP contribution in [0.25, 0.3) is 0 Å². The molecule has 35 heavy (non-hydrogen) atoms. The van der Waals surface area contributed by atoms with Crippen molar-refractivity contribution in [1.29, 1.82) is 0 Å². The molecule has 2 aromatic carbocycles. The van der Waals surface area contributed by atoms with Crippen molar-refractivity contribution in [2.45, 2.75) is 98.2 Å². The number of anilines is 2. The molecule has 0 radical (unpaired) electrons. The highest BCUT2D eigenvalue weighted by molar-refractivity contribution is 6.85. The van der Waals surface area contributed by atoms with Crippen LogP contribution in [0.3, 0.4) is 0 Å². The molecule has 0 N–H and O–H groups in total. The molecule has 0 spiro atoms. The van der Waals surface area contributed by atoms with Gasteiger partial charge in [-0.3, -0.25) is 0 Å². The molecule has 1 heterocycles. The summed E-state index contributed by atoms with van der Waals surface area (Å²) in [5.74, 6) is 1.89. The second-order valence-corrected chi connectivity index (χ2v) is 16.8. The average Bonchev–Trinajstić information content (AvgIpc) is 3.23. The van der Waals surface area contributed by atoms with Gasteiger partial charge in [0.25, 0.3) is 0 Å². The first-order valence-electron chi connectivity index (χ1n) is 13.5. The number of benzene rings is 2. The van der Waals surface area contributed by atoms with E-state index in [9.17, 15) is 0 Å². The Hall–Kier alpha value is -2.26. The number of rotatable bonds is 9. The molecule has 1 aliphatic rings. The lowest BCUT2D eigenvalue weighted by atomic mass is 9.91. The minimum Gasteiger partial charge on any atom is -0.329 e. The van der Waals surface area contributed by atoms with Crippen molar-refractivity contribution >= 4 is 19.4 Å². The van der Waals surface area contributed by atoms with Gasteiger partial charge in [0.15, 0.2) is 0 Å². The number of hydrogen-bond donors (Lipinski definition) is 0. The Labute approximate surface area is 216 Å². The van der Waals surface area contributed by atoms with Gasteiger partial charge in [0.2, 0.25) is 0 Å². The summed E-state index contributed by atoms with van der Waals surface area (Å²) in [7, 11) is -1.77. The van der Waals surface area contributed by atoms with E-state index in [1.165, 1.54) is 38.9 Å². The van der Waals surface area contributed by atoms with E-state index in [0.29, 0.717) is 23.7 Å². The van der Waals surface area contributed by atoms with Crippen LogP contribution in [0.2, 0.25) is 19.1 Å². The van der Waals surface area contributed by atoms with Crippen LogP contribution < -0.4 is 9.80 Å². The van der Waals surface area contributed by atoms with Crippen molar-refractivity contribution in [2.24, 2.45) is 0 Å². The van der Waals surface area contributed by atoms with Gasteiger partial charge in [0.1, 0.15) is 8.07 Å². The molecule has 0 unspecified atom stereocenters. The molecule has 2 aromatic rings. The first kappa shape index (κ1) is 27.3. The van der Waals surface area contributed by atoms with E-state index in [1.807, 2.05) is 0 Å². The van der Waals surface area contributed by atoms with Crippen LogP contribution in [-0.4, -0.2) is 14.7 Å². The second-order valence-electron chi connectivity index (χ2n) is 12.1. The Morgan fingerprint density at radius 2 is 1.14 bits per heavy atom. The van der Waals surface area contributed by atoms with E-state index in [-0.39, 0.29) is 0 Å². The zero-order chi connectivity index (χ0) is 26.1. The van der Waals surface area contributed by atoms with Gasteiger partial charge >= 0.3 is 0 Å². The van der Waals surface area contributed by atoms with Gasteiger partial charge in [0, 0.05) is 22.9 Å². The van der Waals surface area contributed by atoms with Crippen LogP contribution >= 0.6 is 0 Å². The molecule has 0 aliphatic carbocycles. The zero-order valence-electron chi connectivity index (χ0n) is 23.9. The third kappa shape index (κ3) is 5.45. The van der Waals surface area contributed by atoms with Crippen LogP contribution in [0.4, 0.5) is 11.4 Å². The normalized spacial score (nSPS) is 14.6. The largest absolute Gasteiger partial charge is 0.329 e. The first-order chi connectivity index (χ1) is 16.4. The molecule has 190 valence electrons. The molecule has 1 aliphatic heterocycles. The van der Waals surface area contributed by atoms with E-state index < -0.39 is 8.07 Å². The van der Waals surface area contributed by atoms with E-state index in [4.69, 9.17) is 0 Å². The van der Waals surface area contributed by atoms with Gasteiger partial charge in [0.05, 0.1) is 6.67 Å². The van der Waals surface area contributed by atoms with Crippen molar-refractivity contribution in [3.8, 4) is 0 Å². The Balaban J connectivity index is 2.30. The molecule has 3 rings (SSSR count). The van der Waals surface area contributed by atoms with Crippen LogP contribution in [-0.2, 0) is 0 Å². The molecule has 0 saturated heterocycles. The summed E-state index contributed by atoms with van der Waals surface area (Å²) in [6, 6.07) is 14.9. The summed E-state index contributed by atoms with van der Waals surface area (Å²) in [4.78, 5) is 5.25. The van der Waals surface area contributed by atoms with E-state index in [2.05, 4.69) is 134 Å². The third-order valence-corrected chi connectivity index (χ3v) is 10.5. The van der Waals surface area contributed by atoms with Crippen molar-refractivity contribution in [1.82, 2.24) is 0 Å².